The molecule has 1 aliphatic heterocycles. The van der Waals surface area contributed by atoms with Gasteiger partial charge in [-0.2, -0.15) is 5.10 Å². The van der Waals surface area contributed by atoms with E-state index in [1.165, 1.54) is 30.1 Å². The van der Waals surface area contributed by atoms with Crippen molar-refractivity contribution >= 4 is 40.9 Å². The van der Waals surface area contributed by atoms with Crippen LogP contribution < -0.4 is 16.0 Å². The third-order valence-electron chi connectivity index (χ3n) is 7.37. The Bertz CT molecular complexity index is 1680. The van der Waals surface area contributed by atoms with Crippen LogP contribution in [0.2, 0.25) is 5.02 Å². The van der Waals surface area contributed by atoms with Gasteiger partial charge in [-0.25, -0.2) is 18.9 Å². The molecule has 5 rings (SSSR count). The van der Waals surface area contributed by atoms with Gasteiger partial charge in [-0.05, 0) is 49.6 Å². The molecule has 43 heavy (non-hydrogen) atoms. The third kappa shape index (κ3) is 6.54. The molecule has 3 heterocycles. The maximum atomic E-state index is 14.7. The minimum Gasteiger partial charge on any atom is -0.453 e. The Morgan fingerprint density at radius 2 is 2.02 bits per heavy atom. The van der Waals surface area contributed by atoms with Crippen LogP contribution in [0.3, 0.4) is 0 Å². The molecule has 2 aromatic carbocycles. The van der Waals surface area contributed by atoms with Crippen LogP contribution in [-0.4, -0.2) is 44.8 Å². The summed E-state index contributed by atoms with van der Waals surface area (Å²) in [6, 6.07) is 9.18. The molecule has 11 nitrogen and oxygen atoms in total. The Morgan fingerprint density at radius 3 is 2.81 bits per heavy atom. The molecule has 4 N–H and O–H groups in total. The number of nitrogens with zero attached hydrogens (tertiary/aromatic N) is 3. The maximum Gasteiger partial charge on any atom is 0.411 e. The van der Waals surface area contributed by atoms with Gasteiger partial charge in [-0.1, -0.05) is 37.4 Å². The van der Waals surface area contributed by atoms with Gasteiger partial charge < -0.3 is 20.4 Å². The zero-order chi connectivity index (χ0) is 30.7. The number of rotatable bonds is 4. The van der Waals surface area contributed by atoms with E-state index in [2.05, 4.69) is 30.8 Å². The molecule has 0 saturated heterocycles. The average molecular weight is 608 g/mol. The fourth-order valence-electron chi connectivity index (χ4n) is 5.11. The number of benzene rings is 2. The van der Waals surface area contributed by atoms with E-state index in [0.29, 0.717) is 47.0 Å². The number of methoxy groups -OCH3 is 1. The number of nitrogens with one attached hydrogen (secondary N) is 4. The standard InChI is InChI=1S/C30H31ClFN7O4/c1-16-6-4-8-22(38-29(41)20-14-34-39(17(20)2)25-9-5-7-21(31)27(25)32)28-33-15-24(37-28)19-11-10-18(35-30(42)43-3)13-23(19)36-26(40)12-16/h5,7,9-11,13-16,22H,4,6,8,12H2,1-3H3,(H,33,37)(H,35,42)(H,36,40)(H,38,41)/t16-,22+/m1/s1. The van der Waals surface area contributed by atoms with Gasteiger partial charge >= 0.3 is 6.09 Å². The van der Waals surface area contributed by atoms with E-state index in [1.54, 1.807) is 37.4 Å². The highest BCUT2D eigenvalue weighted by atomic mass is 35.5. The zero-order valence-corrected chi connectivity index (χ0v) is 24.6. The van der Waals surface area contributed by atoms with Crippen LogP contribution in [0.15, 0.2) is 48.8 Å². The van der Waals surface area contributed by atoms with E-state index in [9.17, 15) is 18.8 Å². The van der Waals surface area contributed by atoms with Gasteiger partial charge in [-0.15, -0.1) is 0 Å². The Hall–Kier alpha value is -4.71. The lowest BCUT2D eigenvalue weighted by molar-refractivity contribution is -0.117. The minimum absolute atomic E-state index is 0.0419. The molecule has 0 aliphatic carbocycles. The summed E-state index contributed by atoms with van der Waals surface area (Å²) in [5, 5.41) is 12.8. The Balaban J connectivity index is 1.45. The van der Waals surface area contributed by atoms with Crippen LogP contribution in [0.1, 0.15) is 60.5 Å². The normalized spacial score (nSPS) is 17.0. The first-order valence-corrected chi connectivity index (χ1v) is 14.2. The maximum absolute atomic E-state index is 14.7. The topological polar surface area (TPSA) is 143 Å². The van der Waals surface area contributed by atoms with E-state index >= 15 is 0 Å². The van der Waals surface area contributed by atoms with Crippen molar-refractivity contribution in [3.63, 3.8) is 0 Å². The number of imidazole rings is 1. The van der Waals surface area contributed by atoms with E-state index in [-0.39, 0.29) is 34.0 Å². The molecule has 2 bridgehead atoms. The Morgan fingerprint density at radius 1 is 1.21 bits per heavy atom. The summed E-state index contributed by atoms with van der Waals surface area (Å²) in [7, 11) is 1.27. The first kappa shape index (κ1) is 29.8. The highest BCUT2D eigenvalue weighted by Crippen LogP contribution is 2.33. The van der Waals surface area contributed by atoms with Crippen molar-refractivity contribution in [2.45, 2.75) is 45.6 Å². The number of aromatic amines is 1. The van der Waals surface area contributed by atoms with Crippen molar-refractivity contribution in [2.24, 2.45) is 5.92 Å². The smallest absolute Gasteiger partial charge is 0.411 e. The summed E-state index contributed by atoms with van der Waals surface area (Å²) >= 11 is 5.95. The number of aromatic nitrogens is 4. The third-order valence-corrected chi connectivity index (χ3v) is 7.66. The molecule has 224 valence electrons. The lowest BCUT2D eigenvalue weighted by atomic mass is 9.97. The molecule has 0 fully saturated rings. The highest BCUT2D eigenvalue weighted by molar-refractivity contribution is 6.30. The number of carbonyl (C=O) groups excluding carboxylic acids is 3. The van der Waals surface area contributed by atoms with E-state index in [0.717, 1.165) is 12.8 Å². The summed E-state index contributed by atoms with van der Waals surface area (Å²) < 4.78 is 20.7. The molecule has 1 aliphatic rings. The molecule has 0 saturated carbocycles. The SMILES string of the molecule is COC(=O)Nc1ccc2c(c1)NC(=O)C[C@H](C)CCC[C@H](NC(=O)c1cnn(-c3cccc(Cl)c3F)c1C)c1nc-2c[nH]1. The molecule has 0 spiro atoms. The fraction of sp³-hybridized carbons (Fsp3) is 0.300. The molecule has 4 aromatic rings. The molecule has 0 radical (unpaired) electrons. The monoisotopic (exact) mass is 607 g/mol. The second kappa shape index (κ2) is 12.7. The quantitative estimate of drug-likeness (QED) is 0.219. The van der Waals surface area contributed by atoms with Crippen LogP contribution in [0, 0.1) is 18.7 Å². The number of amides is 3. The van der Waals surface area contributed by atoms with Gasteiger partial charge in [0.05, 0.1) is 47.0 Å². The fourth-order valence-corrected chi connectivity index (χ4v) is 5.28. The lowest BCUT2D eigenvalue weighted by Gasteiger charge is -2.18. The number of anilines is 2. The average Bonchev–Trinajstić information content (AvgIpc) is 3.61. The molecular weight excluding hydrogens is 577 g/mol. The summed E-state index contributed by atoms with van der Waals surface area (Å²) in [6.45, 7) is 3.68. The first-order chi connectivity index (χ1) is 20.6. The van der Waals surface area contributed by atoms with Gasteiger partial charge in [0.15, 0.2) is 5.82 Å². The van der Waals surface area contributed by atoms with Crippen LogP contribution in [-0.2, 0) is 9.53 Å². The van der Waals surface area contributed by atoms with E-state index in [4.69, 9.17) is 16.6 Å². The number of ether oxygens (including phenoxy) is 1. The summed E-state index contributed by atoms with van der Waals surface area (Å²) in [5.74, 6) is -0.558. The number of hydrogen-bond acceptors (Lipinski definition) is 6. The molecule has 13 heteroatoms. The molecular formula is C30H31ClFN7O4. The second-order valence-corrected chi connectivity index (χ2v) is 10.9. The Labute approximate surface area is 252 Å². The highest BCUT2D eigenvalue weighted by Gasteiger charge is 2.25. The molecule has 2 aromatic heterocycles. The molecule has 0 unspecified atom stereocenters. The summed E-state index contributed by atoms with van der Waals surface area (Å²) in [6.07, 6.45) is 4.80. The number of carbonyl (C=O) groups is 3. The van der Waals surface area contributed by atoms with Gasteiger partial charge in [-0.3, -0.25) is 14.9 Å². The summed E-state index contributed by atoms with van der Waals surface area (Å²) in [5.41, 5.74) is 2.96. The van der Waals surface area contributed by atoms with Gasteiger partial charge in [0.2, 0.25) is 5.91 Å². The number of halogens is 2. The second-order valence-electron chi connectivity index (χ2n) is 10.5. The number of hydrogen-bond donors (Lipinski definition) is 4. The van der Waals surface area contributed by atoms with Crippen molar-refractivity contribution in [3.8, 4) is 16.9 Å². The first-order valence-electron chi connectivity index (χ1n) is 13.8. The van der Waals surface area contributed by atoms with Gasteiger partial charge in [0.1, 0.15) is 11.5 Å². The Kier molecular flexibility index (Phi) is 8.76. The van der Waals surface area contributed by atoms with Crippen LogP contribution >= 0.6 is 11.6 Å². The van der Waals surface area contributed by atoms with Gasteiger partial charge in [0, 0.05) is 23.9 Å². The predicted molar refractivity (Wildman–Crippen MR) is 160 cm³/mol. The zero-order valence-electron chi connectivity index (χ0n) is 23.8. The van der Waals surface area contributed by atoms with Crippen LogP contribution in [0.4, 0.5) is 20.6 Å². The van der Waals surface area contributed by atoms with Gasteiger partial charge in [0.25, 0.3) is 5.91 Å². The minimum atomic E-state index is -0.635. The van der Waals surface area contributed by atoms with Crippen molar-refractivity contribution in [1.82, 2.24) is 25.1 Å². The summed E-state index contributed by atoms with van der Waals surface area (Å²) in [4.78, 5) is 46.1. The van der Waals surface area contributed by atoms with E-state index in [1.807, 2.05) is 6.92 Å². The van der Waals surface area contributed by atoms with Crippen molar-refractivity contribution in [3.05, 3.63) is 76.7 Å². The molecule has 3 amide bonds. The van der Waals surface area contributed by atoms with E-state index < -0.39 is 18.0 Å². The van der Waals surface area contributed by atoms with Crippen molar-refractivity contribution < 1.29 is 23.5 Å². The molecule has 2 atom stereocenters. The van der Waals surface area contributed by atoms with Crippen molar-refractivity contribution in [2.75, 3.05) is 17.7 Å². The van der Waals surface area contributed by atoms with Crippen LogP contribution in [0.5, 0.6) is 0 Å². The van der Waals surface area contributed by atoms with Crippen LogP contribution in [0.25, 0.3) is 16.9 Å². The predicted octanol–water partition coefficient (Wildman–Crippen LogP) is 6.16. The number of H-pyrrole nitrogens is 1. The number of fused-ring (bicyclic) bond motifs is 4. The van der Waals surface area contributed by atoms with Crippen molar-refractivity contribution in [1.29, 1.82) is 0 Å². The largest absolute Gasteiger partial charge is 0.453 e. The lowest BCUT2D eigenvalue weighted by Crippen LogP contribution is -2.30.